The molecule has 0 fully saturated rings. The number of carbonyl (C=O) groups is 3. The van der Waals surface area contributed by atoms with Gasteiger partial charge in [0.05, 0.1) is 12.5 Å². The molecule has 0 aliphatic heterocycles. The monoisotopic (exact) mass is 466 g/mol. The molecule has 0 spiro atoms. The lowest BCUT2D eigenvalue weighted by Gasteiger charge is -2.18. The zero-order valence-electron chi connectivity index (χ0n) is 17.6. The van der Waals surface area contributed by atoms with Crippen molar-refractivity contribution in [3.05, 3.63) is 89.4 Å². The number of halogens is 1. The van der Waals surface area contributed by atoms with Gasteiger partial charge in [-0.05, 0) is 41.0 Å². The van der Waals surface area contributed by atoms with Crippen LogP contribution >= 0.6 is 11.6 Å². The molecule has 33 heavy (non-hydrogen) atoms. The van der Waals surface area contributed by atoms with Gasteiger partial charge in [-0.1, -0.05) is 66.2 Å². The van der Waals surface area contributed by atoms with E-state index >= 15 is 0 Å². The van der Waals surface area contributed by atoms with E-state index < -0.39 is 23.9 Å². The quantitative estimate of drug-likeness (QED) is 0.380. The summed E-state index contributed by atoms with van der Waals surface area (Å²) < 4.78 is 5.46. The molecular formula is C24H23ClN4O4. The first-order valence-corrected chi connectivity index (χ1v) is 10.5. The van der Waals surface area contributed by atoms with Crippen molar-refractivity contribution in [1.82, 2.24) is 16.2 Å². The van der Waals surface area contributed by atoms with Crippen LogP contribution in [0.25, 0.3) is 11.1 Å². The fourth-order valence-electron chi connectivity index (χ4n) is 3.05. The van der Waals surface area contributed by atoms with Gasteiger partial charge in [0.1, 0.15) is 5.75 Å². The molecule has 3 aromatic carbocycles. The lowest BCUT2D eigenvalue weighted by atomic mass is 10.0. The largest absolute Gasteiger partial charge is 0.484 e. The molecule has 3 aromatic rings. The van der Waals surface area contributed by atoms with Crippen LogP contribution in [-0.2, 0) is 9.59 Å². The zero-order chi connectivity index (χ0) is 23.6. The third kappa shape index (κ3) is 7.55. The number of rotatable bonds is 8. The molecule has 0 saturated heterocycles. The van der Waals surface area contributed by atoms with Crippen LogP contribution in [0, 0.1) is 0 Å². The van der Waals surface area contributed by atoms with Crippen molar-refractivity contribution in [3.8, 4) is 16.9 Å². The third-order valence-corrected chi connectivity index (χ3v) is 4.90. The van der Waals surface area contributed by atoms with E-state index in [9.17, 15) is 14.4 Å². The molecule has 170 valence electrons. The highest BCUT2D eigenvalue weighted by molar-refractivity contribution is 6.30. The molecule has 0 unspecified atom stereocenters. The van der Waals surface area contributed by atoms with Crippen molar-refractivity contribution in [2.45, 2.75) is 12.5 Å². The molecule has 9 heteroatoms. The van der Waals surface area contributed by atoms with Crippen molar-refractivity contribution in [2.24, 2.45) is 5.73 Å². The second kappa shape index (κ2) is 11.5. The van der Waals surface area contributed by atoms with Gasteiger partial charge >= 0.3 is 6.03 Å². The molecule has 0 aromatic heterocycles. The predicted molar refractivity (Wildman–Crippen MR) is 125 cm³/mol. The second-order valence-electron chi connectivity index (χ2n) is 7.09. The van der Waals surface area contributed by atoms with Crippen molar-refractivity contribution >= 4 is 29.4 Å². The molecule has 8 nitrogen and oxygen atoms in total. The van der Waals surface area contributed by atoms with Crippen molar-refractivity contribution in [2.75, 3.05) is 6.61 Å². The van der Waals surface area contributed by atoms with Crippen molar-refractivity contribution in [3.63, 3.8) is 0 Å². The lowest BCUT2D eigenvalue weighted by Crippen LogP contribution is -2.45. The van der Waals surface area contributed by atoms with E-state index in [4.69, 9.17) is 22.1 Å². The van der Waals surface area contributed by atoms with Gasteiger partial charge in [-0.3, -0.25) is 20.4 Å². The fraction of sp³-hybridized carbons (Fsp3) is 0.125. The van der Waals surface area contributed by atoms with Gasteiger partial charge in [0.2, 0.25) is 5.91 Å². The highest BCUT2D eigenvalue weighted by Crippen LogP contribution is 2.22. The summed E-state index contributed by atoms with van der Waals surface area (Å²) in [5, 5.41) is 3.01. The van der Waals surface area contributed by atoms with Crippen LogP contribution in [0.3, 0.4) is 0 Å². The number of urea groups is 1. The Labute approximate surface area is 196 Å². The predicted octanol–water partition coefficient (Wildman–Crippen LogP) is 3.33. The van der Waals surface area contributed by atoms with E-state index in [1.165, 1.54) is 0 Å². The van der Waals surface area contributed by atoms with E-state index in [1.54, 1.807) is 36.4 Å². The summed E-state index contributed by atoms with van der Waals surface area (Å²) in [5.41, 5.74) is 12.5. The van der Waals surface area contributed by atoms with Crippen LogP contribution in [0.5, 0.6) is 5.75 Å². The Morgan fingerprint density at radius 1 is 0.818 bits per heavy atom. The number of ether oxygens (including phenoxy) is 1. The summed E-state index contributed by atoms with van der Waals surface area (Å²) in [7, 11) is 0. The molecule has 4 amide bonds. The Bertz CT molecular complexity index is 1090. The van der Waals surface area contributed by atoms with Gasteiger partial charge in [0, 0.05) is 5.02 Å². The molecule has 5 N–H and O–H groups in total. The number of benzene rings is 3. The Hall–Kier alpha value is -4.04. The number of amides is 4. The van der Waals surface area contributed by atoms with Crippen LogP contribution in [0.15, 0.2) is 78.9 Å². The Kier molecular flexibility index (Phi) is 8.26. The van der Waals surface area contributed by atoms with Gasteiger partial charge < -0.3 is 15.8 Å². The first-order chi connectivity index (χ1) is 15.9. The molecular weight excluding hydrogens is 444 g/mol. The average Bonchev–Trinajstić information content (AvgIpc) is 2.82. The van der Waals surface area contributed by atoms with Gasteiger partial charge in [-0.2, -0.15) is 0 Å². The normalized spacial score (nSPS) is 11.2. The van der Waals surface area contributed by atoms with E-state index in [-0.39, 0.29) is 13.0 Å². The number of hydrogen-bond acceptors (Lipinski definition) is 4. The van der Waals surface area contributed by atoms with Crippen LogP contribution < -0.4 is 26.6 Å². The maximum absolute atomic E-state index is 12.2. The van der Waals surface area contributed by atoms with Crippen LogP contribution in [-0.4, -0.2) is 24.5 Å². The number of primary amides is 1. The van der Waals surface area contributed by atoms with Crippen molar-refractivity contribution < 1.29 is 19.1 Å². The Morgan fingerprint density at radius 3 is 2.06 bits per heavy atom. The highest BCUT2D eigenvalue weighted by Gasteiger charge is 2.18. The van der Waals surface area contributed by atoms with E-state index in [2.05, 4.69) is 16.2 Å². The van der Waals surface area contributed by atoms with Gasteiger partial charge in [0.25, 0.3) is 5.91 Å². The van der Waals surface area contributed by atoms with Crippen LogP contribution in [0.2, 0.25) is 5.02 Å². The molecule has 0 aliphatic carbocycles. The highest BCUT2D eigenvalue weighted by atomic mass is 35.5. The molecule has 0 saturated carbocycles. The summed E-state index contributed by atoms with van der Waals surface area (Å²) in [6.45, 7) is -0.287. The smallest absolute Gasteiger partial charge is 0.312 e. The van der Waals surface area contributed by atoms with Gasteiger partial charge in [0.15, 0.2) is 6.61 Å². The topological polar surface area (TPSA) is 123 Å². The van der Waals surface area contributed by atoms with E-state index in [0.29, 0.717) is 16.3 Å². The summed E-state index contributed by atoms with van der Waals surface area (Å²) in [6.07, 6.45) is -0.146. The zero-order valence-corrected chi connectivity index (χ0v) is 18.3. The summed E-state index contributed by atoms with van der Waals surface area (Å²) in [4.78, 5) is 35.6. The minimum Gasteiger partial charge on any atom is -0.484 e. The lowest BCUT2D eigenvalue weighted by molar-refractivity contribution is -0.130. The third-order valence-electron chi connectivity index (χ3n) is 4.65. The number of nitrogens with two attached hydrogens (primary N) is 1. The summed E-state index contributed by atoms with van der Waals surface area (Å²) in [6, 6.07) is 22.3. The molecule has 0 aliphatic rings. The first kappa shape index (κ1) is 23.6. The Morgan fingerprint density at radius 2 is 1.42 bits per heavy atom. The van der Waals surface area contributed by atoms with Gasteiger partial charge in [-0.15, -0.1) is 0 Å². The Balaban J connectivity index is 1.46. The molecule has 0 bridgehead atoms. The summed E-state index contributed by atoms with van der Waals surface area (Å²) >= 11 is 5.87. The van der Waals surface area contributed by atoms with Crippen molar-refractivity contribution in [1.29, 1.82) is 0 Å². The first-order valence-electron chi connectivity index (χ1n) is 10.1. The molecule has 0 radical (unpaired) electrons. The number of nitrogens with one attached hydrogen (secondary N) is 3. The molecule has 0 heterocycles. The van der Waals surface area contributed by atoms with Gasteiger partial charge in [-0.25, -0.2) is 4.79 Å². The summed E-state index contributed by atoms with van der Waals surface area (Å²) in [5.74, 6) is -0.546. The molecule has 1 atom stereocenters. The minimum atomic E-state index is -0.779. The fourth-order valence-corrected chi connectivity index (χ4v) is 3.18. The SMILES string of the molecule is NC(=O)N[C@H](CC(=O)NNC(=O)COc1ccc(-c2ccccc2)cc1)c1ccc(Cl)cc1. The number of hydrazine groups is 1. The minimum absolute atomic E-state index is 0.146. The second-order valence-corrected chi connectivity index (χ2v) is 7.53. The van der Waals surface area contributed by atoms with Crippen LogP contribution in [0.1, 0.15) is 18.0 Å². The number of carbonyl (C=O) groups excluding carboxylic acids is 3. The van der Waals surface area contributed by atoms with Crippen LogP contribution in [0.4, 0.5) is 4.79 Å². The standard InChI is InChI=1S/C24H23ClN4O4/c25-19-10-6-18(7-11-19)21(27-24(26)32)14-22(30)28-29-23(31)15-33-20-12-8-17(9-13-20)16-4-2-1-3-5-16/h1-13,21H,14-15H2,(H,28,30)(H,29,31)(H3,26,27,32)/t21-/m1/s1. The average molecular weight is 467 g/mol. The maximum Gasteiger partial charge on any atom is 0.312 e. The van der Waals surface area contributed by atoms with E-state index in [1.807, 2.05) is 42.5 Å². The maximum atomic E-state index is 12.2. The molecule has 3 rings (SSSR count). The van der Waals surface area contributed by atoms with E-state index in [0.717, 1.165) is 11.1 Å². The number of hydrogen-bond donors (Lipinski definition) is 4.